The highest BCUT2D eigenvalue weighted by molar-refractivity contribution is 5.70. The van der Waals surface area contributed by atoms with Crippen LogP contribution in [-0.4, -0.2) is 68.9 Å². The lowest BCUT2D eigenvalue weighted by molar-refractivity contribution is -0.186. The van der Waals surface area contributed by atoms with Gasteiger partial charge in [0.25, 0.3) is 0 Å². The van der Waals surface area contributed by atoms with Crippen molar-refractivity contribution in [3.8, 4) is 0 Å². The Morgan fingerprint density at radius 3 is 2.04 bits per heavy atom. The average Bonchev–Trinajstić information content (AvgIpc) is 3.43. The molecule has 0 aromatic heterocycles. The van der Waals surface area contributed by atoms with Gasteiger partial charge in [0.15, 0.2) is 0 Å². The molecule has 6 N–H and O–H groups in total. The summed E-state index contributed by atoms with van der Waals surface area (Å²) in [6.07, 6.45) is 12.8. The molecule has 3 fully saturated rings. The molecule has 3 saturated carbocycles. The lowest BCUT2D eigenvalue weighted by atomic mass is 9.48. The fourth-order valence-electron chi connectivity index (χ4n) is 10.3. The molecule has 11 heteroatoms. The van der Waals surface area contributed by atoms with Crippen molar-refractivity contribution in [2.24, 2.45) is 63.5 Å². The summed E-state index contributed by atoms with van der Waals surface area (Å²) in [6.45, 7) is 12.7. The second-order valence-corrected chi connectivity index (χ2v) is 16.8. The van der Waals surface area contributed by atoms with Crippen molar-refractivity contribution in [1.82, 2.24) is 0 Å². The highest BCUT2D eigenvalue weighted by Crippen LogP contribution is 2.63. The number of carbonyl (C=O) groups is 4. The fourth-order valence-corrected chi connectivity index (χ4v) is 10.3. The molecular weight excluding hydrogens is 662 g/mol. The van der Waals surface area contributed by atoms with Gasteiger partial charge in [-0.2, -0.15) is 0 Å². The SMILES string of the molecule is CCCCCCCCOC(=O)CCC(C)C1CCC(C2C(OC(=O)CCN)CC3CC(OC(=O)CCN)CCC3(C)C2C)C1(C)COC(=O)CCN. The minimum atomic E-state index is -0.415. The summed E-state index contributed by atoms with van der Waals surface area (Å²) in [6, 6.07) is 0. The van der Waals surface area contributed by atoms with E-state index in [1.54, 1.807) is 0 Å². The van der Waals surface area contributed by atoms with Gasteiger partial charge in [0.05, 0.1) is 32.5 Å². The lowest BCUT2D eigenvalue weighted by Gasteiger charge is -2.58. The number of carbonyl (C=O) groups excluding carboxylic acids is 4. The van der Waals surface area contributed by atoms with E-state index in [0.29, 0.717) is 25.9 Å². The van der Waals surface area contributed by atoms with Crippen LogP contribution in [0, 0.1) is 46.3 Å². The van der Waals surface area contributed by atoms with Gasteiger partial charge in [-0.1, -0.05) is 66.7 Å². The van der Waals surface area contributed by atoms with E-state index in [4.69, 9.17) is 36.1 Å². The summed E-state index contributed by atoms with van der Waals surface area (Å²) in [5.41, 5.74) is 16.6. The van der Waals surface area contributed by atoms with Gasteiger partial charge in [-0.15, -0.1) is 0 Å². The Hall–Kier alpha value is -2.24. The second kappa shape index (κ2) is 21.6. The molecule has 0 radical (unpaired) electrons. The van der Waals surface area contributed by atoms with E-state index in [-0.39, 0.29) is 123 Å². The standard InChI is InChI=1S/C41H73N3O8/c1-6-7-8-9-10-11-24-49-35(45)15-12-28(2)32-13-14-33(41(32,5)27-50-36(46)17-21-42)39-29(3)40(4)20-16-31(51-37(47)18-22-43)25-30(40)26-34(39)52-38(48)19-23-44/h28-34,39H,6-27,42-44H2,1-5H3. The van der Waals surface area contributed by atoms with E-state index < -0.39 is 5.41 Å². The third kappa shape index (κ3) is 11.9. The van der Waals surface area contributed by atoms with E-state index in [0.717, 1.165) is 44.9 Å². The zero-order valence-corrected chi connectivity index (χ0v) is 33.2. The third-order valence-electron chi connectivity index (χ3n) is 13.4. The Bertz CT molecular complexity index is 1140. The lowest BCUT2D eigenvalue weighted by Crippen LogP contribution is -2.57. The Balaban J connectivity index is 1.82. The summed E-state index contributed by atoms with van der Waals surface area (Å²) >= 11 is 0. The first-order valence-electron chi connectivity index (χ1n) is 20.6. The minimum Gasteiger partial charge on any atom is -0.466 e. The molecule has 0 aromatic rings. The van der Waals surface area contributed by atoms with Crippen LogP contribution in [0.2, 0.25) is 0 Å². The van der Waals surface area contributed by atoms with Crippen LogP contribution in [0.5, 0.6) is 0 Å². The molecule has 0 amide bonds. The largest absolute Gasteiger partial charge is 0.466 e. The Morgan fingerprint density at radius 1 is 0.750 bits per heavy atom. The van der Waals surface area contributed by atoms with Gasteiger partial charge >= 0.3 is 23.9 Å². The Labute approximate surface area is 313 Å². The van der Waals surface area contributed by atoms with E-state index in [1.165, 1.54) is 25.7 Å². The quantitative estimate of drug-likeness (QED) is 0.0652. The third-order valence-corrected chi connectivity index (χ3v) is 13.4. The number of fused-ring (bicyclic) bond motifs is 1. The molecule has 3 aliphatic carbocycles. The van der Waals surface area contributed by atoms with Crippen LogP contribution in [0.15, 0.2) is 0 Å². The predicted octanol–water partition coefficient (Wildman–Crippen LogP) is 6.21. The first-order chi connectivity index (χ1) is 24.8. The Morgan fingerprint density at radius 2 is 1.37 bits per heavy atom. The van der Waals surface area contributed by atoms with Crippen molar-refractivity contribution < 1.29 is 38.1 Å². The van der Waals surface area contributed by atoms with Crippen LogP contribution >= 0.6 is 0 Å². The number of ether oxygens (including phenoxy) is 4. The first-order valence-corrected chi connectivity index (χ1v) is 20.6. The zero-order valence-electron chi connectivity index (χ0n) is 33.2. The smallest absolute Gasteiger partial charge is 0.307 e. The van der Waals surface area contributed by atoms with Crippen molar-refractivity contribution in [2.75, 3.05) is 32.8 Å². The summed E-state index contributed by atoms with van der Waals surface area (Å²) in [5, 5.41) is 0. The molecule has 3 rings (SSSR count). The van der Waals surface area contributed by atoms with E-state index >= 15 is 0 Å². The number of hydrogen-bond donors (Lipinski definition) is 3. The molecule has 0 spiro atoms. The van der Waals surface area contributed by atoms with Gasteiger partial charge < -0.3 is 36.1 Å². The molecule has 0 heterocycles. The molecule has 0 bridgehead atoms. The van der Waals surface area contributed by atoms with Crippen LogP contribution < -0.4 is 17.2 Å². The molecule has 300 valence electrons. The van der Waals surface area contributed by atoms with Crippen molar-refractivity contribution in [3.63, 3.8) is 0 Å². The fraction of sp³-hybridized carbons (Fsp3) is 0.902. The van der Waals surface area contributed by atoms with Crippen LogP contribution in [0.1, 0.15) is 144 Å². The molecule has 0 saturated heterocycles. The number of nitrogens with two attached hydrogens (primary N) is 3. The molecule has 0 aliphatic heterocycles. The van der Waals surface area contributed by atoms with Gasteiger partial charge in [0, 0.05) is 37.4 Å². The van der Waals surface area contributed by atoms with Crippen molar-refractivity contribution in [1.29, 1.82) is 0 Å². The average molecular weight is 736 g/mol. The van der Waals surface area contributed by atoms with Crippen molar-refractivity contribution in [2.45, 2.75) is 156 Å². The maximum absolute atomic E-state index is 13.1. The molecule has 52 heavy (non-hydrogen) atoms. The van der Waals surface area contributed by atoms with E-state index in [1.807, 2.05) is 0 Å². The number of unbranched alkanes of at least 4 members (excludes halogenated alkanes) is 5. The normalized spacial score (nSPS) is 32.0. The molecule has 0 aromatic carbocycles. The van der Waals surface area contributed by atoms with Gasteiger partial charge in [0.1, 0.15) is 12.2 Å². The monoisotopic (exact) mass is 736 g/mol. The van der Waals surface area contributed by atoms with Gasteiger partial charge in [-0.25, -0.2) is 0 Å². The number of esters is 4. The van der Waals surface area contributed by atoms with Crippen LogP contribution in [0.4, 0.5) is 0 Å². The molecule has 10 atom stereocenters. The predicted molar refractivity (Wildman–Crippen MR) is 202 cm³/mol. The summed E-state index contributed by atoms with van der Waals surface area (Å²) in [7, 11) is 0. The maximum atomic E-state index is 13.1. The van der Waals surface area contributed by atoms with Gasteiger partial charge in [-0.3, -0.25) is 19.2 Å². The summed E-state index contributed by atoms with van der Waals surface area (Å²) in [5.74, 6) is -0.142. The maximum Gasteiger partial charge on any atom is 0.307 e. The van der Waals surface area contributed by atoms with Crippen LogP contribution in [-0.2, 0) is 38.1 Å². The van der Waals surface area contributed by atoms with E-state index in [2.05, 4.69) is 34.6 Å². The van der Waals surface area contributed by atoms with Crippen LogP contribution in [0.25, 0.3) is 0 Å². The molecular formula is C41H73N3O8. The minimum absolute atomic E-state index is 0.0250. The Kier molecular flexibility index (Phi) is 18.3. The molecule has 3 aliphatic rings. The van der Waals surface area contributed by atoms with Gasteiger partial charge in [-0.05, 0) is 86.4 Å². The van der Waals surface area contributed by atoms with Crippen molar-refractivity contribution in [3.05, 3.63) is 0 Å². The number of hydrogen-bond acceptors (Lipinski definition) is 11. The summed E-state index contributed by atoms with van der Waals surface area (Å²) in [4.78, 5) is 51.0. The molecule has 10 unspecified atom stereocenters. The molecule has 11 nitrogen and oxygen atoms in total. The van der Waals surface area contributed by atoms with E-state index in [9.17, 15) is 19.2 Å². The van der Waals surface area contributed by atoms with Gasteiger partial charge in [0.2, 0.25) is 0 Å². The second-order valence-electron chi connectivity index (χ2n) is 16.8. The van der Waals surface area contributed by atoms with Crippen LogP contribution in [0.3, 0.4) is 0 Å². The topological polar surface area (TPSA) is 183 Å². The number of rotatable bonds is 22. The highest BCUT2D eigenvalue weighted by Gasteiger charge is 2.61. The summed E-state index contributed by atoms with van der Waals surface area (Å²) < 4.78 is 23.8. The van der Waals surface area contributed by atoms with Crippen molar-refractivity contribution >= 4 is 23.9 Å². The highest BCUT2D eigenvalue weighted by atomic mass is 16.6. The zero-order chi connectivity index (χ0) is 38.3. The first kappa shape index (κ1) is 44.2.